The number of hydrogen-bond donors (Lipinski definition) is 2. The molecule has 0 aliphatic rings. The van der Waals surface area contributed by atoms with Crippen molar-refractivity contribution in [3.8, 4) is 39.4 Å². The predicted molar refractivity (Wildman–Crippen MR) is 123 cm³/mol. The highest BCUT2D eigenvalue weighted by atomic mass is 19.1. The van der Waals surface area contributed by atoms with Gasteiger partial charge in [-0.3, -0.25) is 9.50 Å². The third kappa shape index (κ3) is 3.86. The number of rotatable bonds is 7. The number of aromatic amines is 1. The van der Waals surface area contributed by atoms with Gasteiger partial charge in [-0.25, -0.2) is 9.37 Å². The second-order valence-electron chi connectivity index (χ2n) is 7.46. The summed E-state index contributed by atoms with van der Waals surface area (Å²) in [4.78, 5) is 4.54. The number of aromatic nitrogens is 4. The van der Waals surface area contributed by atoms with Gasteiger partial charge in [0, 0.05) is 34.6 Å². The Morgan fingerprint density at radius 3 is 2.47 bits per heavy atom. The summed E-state index contributed by atoms with van der Waals surface area (Å²) < 4.78 is 21.1. The number of nitrogens with two attached hydrogens (primary N) is 1. The molecule has 0 aliphatic carbocycles. The average molecular weight is 427 g/mol. The van der Waals surface area contributed by atoms with E-state index in [4.69, 9.17) is 10.5 Å². The molecule has 0 bridgehead atoms. The Hall–Kier alpha value is -3.97. The maximum atomic E-state index is 13.3. The van der Waals surface area contributed by atoms with Crippen molar-refractivity contribution < 1.29 is 9.13 Å². The molecular weight excluding hydrogens is 405 g/mol. The van der Waals surface area contributed by atoms with E-state index in [2.05, 4.69) is 19.6 Å². The van der Waals surface area contributed by atoms with Crippen LogP contribution in [0.15, 0.2) is 79.3 Å². The highest BCUT2D eigenvalue weighted by Gasteiger charge is 2.13. The summed E-state index contributed by atoms with van der Waals surface area (Å²) in [6.07, 6.45) is 6.58. The van der Waals surface area contributed by atoms with Gasteiger partial charge in [0.05, 0.1) is 24.2 Å². The van der Waals surface area contributed by atoms with Gasteiger partial charge in [-0.1, -0.05) is 0 Å². The lowest BCUT2D eigenvalue weighted by Crippen LogP contribution is -2.05. The number of ether oxygens (including phenoxy) is 1. The number of H-pyrrole nitrogens is 1. The van der Waals surface area contributed by atoms with Crippen molar-refractivity contribution in [3.05, 3.63) is 85.1 Å². The Bertz CT molecular complexity index is 1340. The Labute approximate surface area is 184 Å². The molecule has 3 heterocycles. The first-order valence-corrected chi connectivity index (χ1v) is 10.4. The van der Waals surface area contributed by atoms with Gasteiger partial charge in [-0.05, 0) is 73.6 Å². The lowest BCUT2D eigenvalue weighted by Gasteiger charge is -2.08. The number of imidazole rings is 1. The van der Waals surface area contributed by atoms with Crippen LogP contribution in [-0.2, 0) is 0 Å². The fourth-order valence-corrected chi connectivity index (χ4v) is 3.69. The van der Waals surface area contributed by atoms with Gasteiger partial charge < -0.3 is 10.5 Å². The highest BCUT2D eigenvalue weighted by molar-refractivity contribution is 5.81. The smallest absolute Gasteiger partial charge is 0.137 e. The summed E-state index contributed by atoms with van der Waals surface area (Å²) in [5, 5.41) is 7.32. The second kappa shape index (κ2) is 8.64. The van der Waals surface area contributed by atoms with Crippen molar-refractivity contribution in [3.63, 3.8) is 0 Å². The molecule has 0 radical (unpaired) electrons. The first kappa shape index (κ1) is 20.0. The SMILES string of the molecule is NCCCOc1ccc(-c2cnc3ccc(-c4c[nH]nc4-c4ccc(F)cc4)cn23)cc1. The van der Waals surface area contributed by atoms with E-state index in [9.17, 15) is 4.39 Å². The molecule has 0 spiro atoms. The van der Waals surface area contributed by atoms with Crippen molar-refractivity contribution in [2.75, 3.05) is 13.2 Å². The molecule has 0 unspecified atom stereocenters. The van der Waals surface area contributed by atoms with Gasteiger partial charge >= 0.3 is 0 Å². The Balaban J connectivity index is 1.49. The third-order valence-corrected chi connectivity index (χ3v) is 5.34. The van der Waals surface area contributed by atoms with E-state index in [1.54, 1.807) is 12.1 Å². The highest BCUT2D eigenvalue weighted by Crippen LogP contribution is 2.32. The molecular formula is C25H22FN5O. The normalized spacial score (nSPS) is 11.2. The summed E-state index contributed by atoms with van der Waals surface area (Å²) >= 11 is 0. The van der Waals surface area contributed by atoms with Crippen LogP contribution in [-0.4, -0.2) is 32.7 Å². The van der Waals surface area contributed by atoms with Crippen LogP contribution >= 0.6 is 0 Å². The van der Waals surface area contributed by atoms with E-state index in [1.807, 2.05) is 55.0 Å². The fourth-order valence-electron chi connectivity index (χ4n) is 3.69. The monoisotopic (exact) mass is 427 g/mol. The van der Waals surface area contributed by atoms with Crippen molar-refractivity contribution in [1.29, 1.82) is 0 Å². The summed E-state index contributed by atoms with van der Waals surface area (Å²) in [6.45, 7) is 1.22. The number of hydrogen-bond acceptors (Lipinski definition) is 4. The van der Waals surface area contributed by atoms with Crippen molar-refractivity contribution in [2.45, 2.75) is 6.42 Å². The minimum absolute atomic E-state index is 0.272. The molecule has 160 valence electrons. The number of fused-ring (bicyclic) bond motifs is 1. The molecule has 0 aliphatic heterocycles. The lowest BCUT2D eigenvalue weighted by atomic mass is 10.0. The quantitative estimate of drug-likeness (QED) is 0.361. The Morgan fingerprint density at radius 1 is 0.938 bits per heavy atom. The summed E-state index contributed by atoms with van der Waals surface area (Å²) in [7, 11) is 0. The fraction of sp³-hybridized carbons (Fsp3) is 0.120. The van der Waals surface area contributed by atoms with Crippen LogP contribution in [0.3, 0.4) is 0 Å². The van der Waals surface area contributed by atoms with Crippen molar-refractivity contribution in [1.82, 2.24) is 19.6 Å². The summed E-state index contributed by atoms with van der Waals surface area (Å²) in [5.74, 6) is 0.546. The average Bonchev–Trinajstić information content (AvgIpc) is 3.47. The molecule has 5 rings (SSSR count). The number of benzene rings is 2. The molecule has 7 heteroatoms. The van der Waals surface area contributed by atoms with Crippen LogP contribution in [0, 0.1) is 5.82 Å². The van der Waals surface area contributed by atoms with Gasteiger partial charge in [0.2, 0.25) is 0 Å². The molecule has 3 aromatic heterocycles. The first-order valence-electron chi connectivity index (χ1n) is 10.4. The van der Waals surface area contributed by atoms with Gasteiger partial charge in [-0.2, -0.15) is 5.10 Å². The van der Waals surface area contributed by atoms with E-state index in [0.717, 1.165) is 51.5 Å². The molecule has 5 aromatic rings. The largest absolute Gasteiger partial charge is 0.494 e. The van der Waals surface area contributed by atoms with E-state index < -0.39 is 0 Å². The van der Waals surface area contributed by atoms with Crippen molar-refractivity contribution >= 4 is 5.65 Å². The standard InChI is InChI=1S/C25H22FN5O/c26-20-7-2-18(3-8-20)25-22(14-29-30-25)19-6-11-24-28-15-23(31(24)16-19)17-4-9-21(10-5-17)32-13-1-12-27/h2-11,14-16H,1,12-13,27H2,(H,29,30). The minimum Gasteiger partial charge on any atom is -0.494 e. The molecule has 6 nitrogen and oxygen atoms in total. The molecule has 0 amide bonds. The zero-order valence-corrected chi connectivity index (χ0v) is 17.3. The number of nitrogens with one attached hydrogen (secondary N) is 1. The number of pyridine rings is 1. The topological polar surface area (TPSA) is 81.2 Å². The summed E-state index contributed by atoms with van der Waals surface area (Å²) in [5.41, 5.74) is 11.9. The van der Waals surface area contributed by atoms with E-state index in [-0.39, 0.29) is 5.82 Å². The van der Waals surface area contributed by atoms with Crippen molar-refractivity contribution in [2.24, 2.45) is 5.73 Å². The van der Waals surface area contributed by atoms with Crippen LogP contribution < -0.4 is 10.5 Å². The molecule has 0 fully saturated rings. The molecule has 32 heavy (non-hydrogen) atoms. The zero-order valence-electron chi connectivity index (χ0n) is 17.3. The van der Waals surface area contributed by atoms with Crippen LogP contribution in [0.5, 0.6) is 5.75 Å². The molecule has 0 saturated heterocycles. The van der Waals surface area contributed by atoms with Crippen LogP contribution in [0.25, 0.3) is 39.3 Å². The third-order valence-electron chi connectivity index (χ3n) is 5.34. The maximum Gasteiger partial charge on any atom is 0.137 e. The molecule has 3 N–H and O–H groups in total. The first-order chi connectivity index (χ1) is 15.7. The molecule has 2 aromatic carbocycles. The van der Waals surface area contributed by atoms with Crippen LogP contribution in [0.1, 0.15) is 6.42 Å². The van der Waals surface area contributed by atoms with E-state index in [0.29, 0.717) is 13.2 Å². The van der Waals surface area contributed by atoms with E-state index >= 15 is 0 Å². The maximum absolute atomic E-state index is 13.3. The van der Waals surface area contributed by atoms with Gasteiger partial charge in [0.1, 0.15) is 17.2 Å². The summed E-state index contributed by atoms with van der Waals surface area (Å²) in [6, 6.07) is 18.3. The minimum atomic E-state index is -0.272. The van der Waals surface area contributed by atoms with Gasteiger partial charge in [0.25, 0.3) is 0 Å². The number of nitrogens with zero attached hydrogens (tertiary/aromatic N) is 3. The van der Waals surface area contributed by atoms with Gasteiger partial charge in [-0.15, -0.1) is 0 Å². The molecule has 0 saturated carbocycles. The van der Waals surface area contributed by atoms with E-state index in [1.165, 1.54) is 12.1 Å². The molecule has 0 atom stereocenters. The van der Waals surface area contributed by atoms with Gasteiger partial charge in [0.15, 0.2) is 0 Å². The number of halogens is 1. The lowest BCUT2D eigenvalue weighted by molar-refractivity contribution is 0.313. The predicted octanol–water partition coefficient (Wildman–Crippen LogP) is 4.93. The Morgan fingerprint density at radius 2 is 1.69 bits per heavy atom. The Kier molecular flexibility index (Phi) is 5.39. The van der Waals surface area contributed by atoms with Crippen LogP contribution in [0.4, 0.5) is 4.39 Å². The van der Waals surface area contributed by atoms with Crippen LogP contribution in [0.2, 0.25) is 0 Å². The zero-order chi connectivity index (χ0) is 21.9. The second-order valence-corrected chi connectivity index (χ2v) is 7.46.